The predicted octanol–water partition coefficient (Wildman–Crippen LogP) is 1.33. The molecule has 19 heavy (non-hydrogen) atoms. The van der Waals surface area contributed by atoms with Crippen molar-refractivity contribution < 1.29 is 9.90 Å². The van der Waals surface area contributed by atoms with Crippen LogP contribution in [0.1, 0.15) is 39.0 Å². The Hall–Kier alpha value is -1.36. The molecule has 0 radical (unpaired) electrons. The molecule has 106 valence electrons. The van der Waals surface area contributed by atoms with Gasteiger partial charge in [-0.1, -0.05) is 19.8 Å². The third-order valence-corrected chi connectivity index (χ3v) is 3.75. The number of rotatable bonds is 6. The molecule has 1 saturated carbocycles. The van der Waals surface area contributed by atoms with Gasteiger partial charge in [0.1, 0.15) is 0 Å². The molecule has 0 saturated heterocycles. The van der Waals surface area contributed by atoms with Gasteiger partial charge in [0.05, 0.1) is 18.3 Å². The Kier molecular flexibility index (Phi) is 4.58. The summed E-state index contributed by atoms with van der Waals surface area (Å²) < 4.78 is 2.00. The van der Waals surface area contributed by atoms with Crippen LogP contribution in [0, 0.1) is 5.92 Å². The van der Waals surface area contributed by atoms with E-state index in [1.807, 2.05) is 10.8 Å². The number of nitrogens with zero attached hydrogens (tertiary/aromatic N) is 2. The second kappa shape index (κ2) is 6.19. The van der Waals surface area contributed by atoms with Crippen molar-refractivity contribution in [1.82, 2.24) is 14.9 Å². The van der Waals surface area contributed by atoms with E-state index in [9.17, 15) is 9.90 Å². The summed E-state index contributed by atoms with van der Waals surface area (Å²) in [6.07, 6.45) is 9.25. The van der Waals surface area contributed by atoms with E-state index < -0.39 is 5.60 Å². The largest absolute Gasteiger partial charge is 0.389 e. The molecular weight excluding hydrogens is 242 g/mol. The molecule has 1 unspecified atom stereocenters. The van der Waals surface area contributed by atoms with E-state index in [4.69, 9.17) is 0 Å². The van der Waals surface area contributed by atoms with Crippen molar-refractivity contribution in [2.45, 2.75) is 51.2 Å². The Morgan fingerprint density at radius 3 is 2.89 bits per heavy atom. The molecule has 1 aliphatic rings. The molecule has 1 fully saturated rings. The summed E-state index contributed by atoms with van der Waals surface area (Å²) in [7, 11) is 0. The normalized spacial score (nSPS) is 19.3. The first kappa shape index (κ1) is 14.1. The van der Waals surface area contributed by atoms with E-state index in [-0.39, 0.29) is 12.3 Å². The second-order valence-electron chi connectivity index (χ2n) is 5.78. The van der Waals surface area contributed by atoms with Crippen molar-refractivity contribution in [2.24, 2.45) is 5.92 Å². The Morgan fingerprint density at radius 1 is 1.53 bits per heavy atom. The van der Waals surface area contributed by atoms with Gasteiger partial charge in [-0.25, -0.2) is 4.98 Å². The molecule has 0 aromatic carbocycles. The van der Waals surface area contributed by atoms with Crippen LogP contribution in [0.5, 0.6) is 0 Å². The molecule has 0 bridgehead atoms. The van der Waals surface area contributed by atoms with Gasteiger partial charge >= 0.3 is 0 Å². The molecule has 1 amide bonds. The highest BCUT2D eigenvalue weighted by molar-refractivity contribution is 5.77. The highest BCUT2D eigenvalue weighted by Gasteiger charge is 2.33. The lowest BCUT2D eigenvalue weighted by molar-refractivity contribution is -0.126. The molecule has 5 nitrogen and oxygen atoms in total. The smallest absolute Gasteiger partial charge is 0.222 e. The fraction of sp³-hybridized carbons (Fsp3) is 0.714. The molecule has 1 heterocycles. The lowest BCUT2D eigenvalue weighted by Crippen LogP contribution is -2.36. The maximum Gasteiger partial charge on any atom is 0.222 e. The van der Waals surface area contributed by atoms with Crippen molar-refractivity contribution in [3.05, 3.63) is 18.7 Å². The Labute approximate surface area is 114 Å². The first-order valence-electron chi connectivity index (χ1n) is 7.02. The molecule has 0 spiro atoms. The van der Waals surface area contributed by atoms with Crippen LogP contribution >= 0.6 is 0 Å². The zero-order chi connectivity index (χ0) is 13.7. The summed E-state index contributed by atoms with van der Waals surface area (Å²) in [5.74, 6) is 0.304. The summed E-state index contributed by atoms with van der Waals surface area (Å²) in [4.78, 5) is 15.8. The van der Waals surface area contributed by atoms with Crippen molar-refractivity contribution in [2.75, 3.05) is 6.54 Å². The zero-order valence-corrected chi connectivity index (χ0v) is 11.5. The molecular formula is C14H23N3O2. The van der Waals surface area contributed by atoms with Crippen LogP contribution in [0.25, 0.3) is 0 Å². The molecule has 1 aromatic rings. The molecule has 0 aliphatic heterocycles. The van der Waals surface area contributed by atoms with Gasteiger partial charge in [-0.3, -0.25) is 4.79 Å². The minimum atomic E-state index is -0.752. The van der Waals surface area contributed by atoms with Gasteiger partial charge in [0.15, 0.2) is 0 Å². The van der Waals surface area contributed by atoms with Crippen molar-refractivity contribution >= 4 is 5.91 Å². The maximum absolute atomic E-state index is 11.8. The highest BCUT2D eigenvalue weighted by Crippen LogP contribution is 2.32. The van der Waals surface area contributed by atoms with Crippen molar-refractivity contribution in [3.63, 3.8) is 0 Å². The van der Waals surface area contributed by atoms with E-state index in [2.05, 4.69) is 17.2 Å². The van der Waals surface area contributed by atoms with Crippen LogP contribution in [0.2, 0.25) is 0 Å². The molecule has 2 N–H and O–H groups in total. The second-order valence-corrected chi connectivity index (χ2v) is 5.78. The number of hydrogen-bond donors (Lipinski definition) is 2. The van der Waals surface area contributed by atoms with Crippen molar-refractivity contribution in [3.8, 4) is 0 Å². The van der Waals surface area contributed by atoms with Crippen LogP contribution in [0.3, 0.4) is 0 Å². The zero-order valence-electron chi connectivity index (χ0n) is 11.5. The van der Waals surface area contributed by atoms with Crippen LogP contribution in [0.15, 0.2) is 18.7 Å². The molecule has 1 aromatic heterocycles. The van der Waals surface area contributed by atoms with Gasteiger partial charge in [-0.05, 0) is 18.8 Å². The number of carbonyl (C=O) groups excluding carboxylic acids is 1. The van der Waals surface area contributed by atoms with Crippen LogP contribution < -0.4 is 5.32 Å². The molecule has 5 heteroatoms. The van der Waals surface area contributed by atoms with Crippen LogP contribution in [0.4, 0.5) is 0 Å². The van der Waals surface area contributed by atoms with E-state index in [1.165, 1.54) is 0 Å². The average molecular weight is 265 g/mol. The summed E-state index contributed by atoms with van der Waals surface area (Å²) in [5, 5.41) is 13.1. The first-order chi connectivity index (χ1) is 9.07. The summed E-state index contributed by atoms with van der Waals surface area (Å²) in [6.45, 7) is 3.56. The first-order valence-corrected chi connectivity index (χ1v) is 7.02. The quantitative estimate of drug-likeness (QED) is 0.815. The number of carbonyl (C=O) groups is 1. The fourth-order valence-electron chi connectivity index (χ4n) is 2.68. The van der Waals surface area contributed by atoms with E-state index in [0.717, 1.165) is 32.2 Å². The predicted molar refractivity (Wildman–Crippen MR) is 72.4 cm³/mol. The topological polar surface area (TPSA) is 67.2 Å². The Bertz CT molecular complexity index is 397. The number of amides is 1. The van der Waals surface area contributed by atoms with E-state index in [1.54, 1.807) is 12.5 Å². The van der Waals surface area contributed by atoms with Gasteiger partial charge in [0.2, 0.25) is 5.91 Å². The molecule has 1 atom stereocenters. The van der Waals surface area contributed by atoms with Gasteiger partial charge in [-0.2, -0.15) is 0 Å². The van der Waals surface area contributed by atoms with Gasteiger partial charge < -0.3 is 15.0 Å². The summed E-state index contributed by atoms with van der Waals surface area (Å²) in [6, 6.07) is 0. The lowest BCUT2D eigenvalue weighted by Gasteiger charge is -2.22. The SMILES string of the molecule is CC(CNC(=O)CC1(O)CCCC1)Cn1ccnc1. The van der Waals surface area contributed by atoms with Gasteiger partial charge in [0, 0.05) is 25.5 Å². The molecule has 2 rings (SSSR count). The fourth-order valence-corrected chi connectivity index (χ4v) is 2.68. The van der Waals surface area contributed by atoms with Gasteiger partial charge in [0.25, 0.3) is 0 Å². The number of aromatic nitrogens is 2. The Balaban J connectivity index is 1.68. The average Bonchev–Trinajstić information content (AvgIpc) is 2.98. The van der Waals surface area contributed by atoms with E-state index in [0.29, 0.717) is 12.5 Å². The minimum absolute atomic E-state index is 0.0399. The molecule has 1 aliphatic carbocycles. The number of imidazole rings is 1. The minimum Gasteiger partial charge on any atom is -0.389 e. The van der Waals surface area contributed by atoms with Crippen LogP contribution in [-0.2, 0) is 11.3 Å². The van der Waals surface area contributed by atoms with Crippen LogP contribution in [-0.4, -0.2) is 32.7 Å². The maximum atomic E-state index is 11.8. The highest BCUT2D eigenvalue weighted by atomic mass is 16.3. The Morgan fingerprint density at radius 2 is 2.26 bits per heavy atom. The summed E-state index contributed by atoms with van der Waals surface area (Å²) >= 11 is 0. The standard InChI is InChI=1S/C14H23N3O2/c1-12(10-17-7-6-15-11-17)9-16-13(18)8-14(19)4-2-3-5-14/h6-7,11-12,19H,2-5,8-10H2,1H3,(H,16,18). The number of aliphatic hydroxyl groups is 1. The monoisotopic (exact) mass is 265 g/mol. The van der Waals surface area contributed by atoms with Crippen molar-refractivity contribution in [1.29, 1.82) is 0 Å². The third-order valence-electron chi connectivity index (χ3n) is 3.75. The summed E-state index contributed by atoms with van der Waals surface area (Å²) in [5.41, 5.74) is -0.752. The number of hydrogen-bond acceptors (Lipinski definition) is 3. The van der Waals surface area contributed by atoms with Gasteiger partial charge in [-0.15, -0.1) is 0 Å². The third kappa shape index (κ3) is 4.35. The lowest BCUT2D eigenvalue weighted by atomic mass is 9.97. The van der Waals surface area contributed by atoms with E-state index >= 15 is 0 Å². The number of nitrogens with one attached hydrogen (secondary N) is 1.